The maximum absolute atomic E-state index is 11.6. The Kier molecular flexibility index (Phi) is 5.99. The van der Waals surface area contributed by atoms with E-state index < -0.39 is 10.0 Å². The summed E-state index contributed by atoms with van der Waals surface area (Å²) in [7, 11) is -3.22. The monoisotopic (exact) mass is 221 g/mol. The lowest BCUT2D eigenvalue weighted by molar-refractivity contribution is 0.294. The Morgan fingerprint density at radius 3 is 2.43 bits per heavy atom. The van der Waals surface area contributed by atoms with Crippen molar-refractivity contribution >= 4 is 10.0 Å². The molecule has 84 valence electrons. The van der Waals surface area contributed by atoms with E-state index in [0.29, 0.717) is 13.1 Å². The molecule has 0 aliphatic rings. The minimum atomic E-state index is -3.22. The van der Waals surface area contributed by atoms with E-state index in [1.165, 1.54) is 4.31 Å². The molecule has 0 aromatic heterocycles. The standard InChI is InChI=1S/C9H19NO3S/c1-4-10(8-9(2)3)14(12,13)7-5-6-11/h11H,2,4-8H2,1,3H3. The van der Waals surface area contributed by atoms with Gasteiger partial charge >= 0.3 is 0 Å². The van der Waals surface area contributed by atoms with Gasteiger partial charge in [0.05, 0.1) is 5.75 Å². The van der Waals surface area contributed by atoms with Gasteiger partial charge in [-0.15, -0.1) is 0 Å². The predicted octanol–water partition coefficient (Wildman–Crippen LogP) is 0.597. The SMILES string of the molecule is C=C(C)CN(CC)S(=O)(=O)CCCO. The van der Waals surface area contributed by atoms with Crippen molar-refractivity contribution in [2.45, 2.75) is 20.3 Å². The number of rotatable bonds is 7. The summed E-state index contributed by atoms with van der Waals surface area (Å²) in [6, 6.07) is 0. The number of hydrogen-bond acceptors (Lipinski definition) is 3. The highest BCUT2D eigenvalue weighted by Crippen LogP contribution is 2.05. The second-order valence-corrected chi connectivity index (χ2v) is 5.36. The van der Waals surface area contributed by atoms with Gasteiger partial charge in [-0.1, -0.05) is 19.1 Å². The third-order valence-electron chi connectivity index (χ3n) is 1.75. The van der Waals surface area contributed by atoms with Crippen molar-refractivity contribution in [2.75, 3.05) is 25.4 Å². The van der Waals surface area contributed by atoms with Crippen molar-refractivity contribution < 1.29 is 13.5 Å². The largest absolute Gasteiger partial charge is 0.396 e. The Hall–Kier alpha value is -0.390. The van der Waals surface area contributed by atoms with Gasteiger partial charge in [0.25, 0.3) is 0 Å². The molecule has 0 heterocycles. The van der Waals surface area contributed by atoms with Crippen molar-refractivity contribution in [1.82, 2.24) is 4.31 Å². The van der Waals surface area contributed by atoms with E-state index in [4.69, 9.17) is 5.11 Å². The molecule has 0 aliphatic heterocycles. The highest BCUT2D eigenvalue weighted by atomic mass is 32.2. The van der Waals surface area contributed by atoms with Crippen LogP contribution in [0.5, 0.6) is 0 Å². The average molecular weight is 221 g/mol. The molecular formula is C9H19NO3S. The summed E-state index contributed by atoms with van der Waals surface area (Å²) in [6.45, 7) is 7.99. The Morgan fingerprint density at radius 1 is 1.50 bits per heavy atom. The van der Waals surface area contributed by atoms with Crippen LogP contribution in [0.3, 0.4) is 0 Å². The maximum atomic E-state index is 11.6. The van der Waals surface area contributed by atoms with Crippen LogP contribution >= 0.6 is 0 Å². The van der Waals surface area contributed by atoms with Crippen molar-refractivity contribution in [3.05, 3.63) is 12.2 Å². The number of aliphatic hydroxyl groups excluding tert-OH is 1. The molecule has 0 bridgehead atoms. The van der Waals surface area contributed by atoms with E-state index in [2.05, 4.69) is 6.58 Å². The normalized spacial score (nSPS) is 12.0. The smallest absolute Gasteiger partial charge is 0.214 e. The van der Waals surface area contributed by atoms with Gasteiger partial charge in [-0.25, -0.2) is 8.42 Å². The van der Waals surface area contributed by atoms with E-state index in [1.54, 1.807) is 13.8 Å². The van der Waals surface area contributed by atoms with Crippen molar-refractivity contribution in [2.24, 2.45) is 0 Å². The lowest BCUT2D eigenvalue weighted by Crippen LogP contribution is -2.34. The Bertz CT molecular complexity index is 272. The molecule has 0 unspecified atom stereocenters. The zero-order chi connectivity index (χ0) is 11.2. The molecule has 0 aromatic carbocycles. The summed E-state index contributed by atoms with van der Waals surface area (Å²) in [5.41, 5.74) is 0.819. The summed E-state index contributed by atoms with van der Waals surface area (Å²) >= 11 is 0. The van der Waals surface area contributed by atoms with Crippen LogP contribution in [0.1, 0.15) is 20.3 Å². The number of likely N-dealkylation sites (N-methyl/N-ethyl adjacent to an activating group) is 1. The van der Waals surface area contributed by atoms with Crippen LogP contribution < -0.4 is 0 Å². The second kappa shape index (κ2) is 6.16. The first-order valence-electron chi connectivity index (χ1n) is 4.67. The van der Waals surface area contributed by atoms with Gasteiger partial charge in [0.15, 0.2) is 0 Å². The molecule has 0 saturated heterocycles. The molecule has 5 heteroatoms. The molecule has 1 N–H and O–H groups in total. The summed E-state index contributed by atoms with van der Waals surface area (Å²) in [4.78, 5) is 0. The molecule has 4 nitrogen and oxygen atoms in total. The summed E-state index contributed by atoms with van der Waals surface area (Å²) < 4.78 is 24.6. The van der Waals surface area contributed by atoms with Gasteiger partial charge in [0, 0.05) is 19.7 Å². The zero-order valence-electron chi connectivity index (χ0n) is 8.86. The predicted molar refractivity (Wildman–Crippen MR) is 57.6 cm³/mol. The minimum absolute atomic E-state index is 0.00458. The van der Waals surface area contributed by atoms with Gasteiger partial charge in [-0.3, -0.25) is 0 Å². The molecule has 0 fully saturated rings. The molecule has 0 atom stereocenters. The molecule has 0 spiro atoms. The van der Waals surface area contributed by atoms with Crippen LogP contribution in [-0.4, -0.2) is 43.3 Å². The first kappa shape index (κ1) is 13.6. The molecule has 0 aliphatic carbocycles. The summed E-state index contributed by atoms with van der Waals surface area (Å²) in [5.74, 6) is 0.00458. The number of hydrogen-bond donors (Lipinski definition) is 1. The Balaban J connectivity index is 4.41. The first-order valence-corrected chi connectivity index (χ1v) is 6.28. The molecule has 0 rings (SSSR count). The van der Waals surface area contributed by atoms with E-state index in [-0.39, 0.29) is 18.8 Å². The molecule has 0 amide bonds. The lowest BCUT2D eigenvalue weighted by Gasteiger charge is -2.20. The number of aliphatic hydroxyl groups is 1. The fourth-order valence-electron chi connectivity index (χ4n) is 1.08. The van der Waals surface area contributed by atoms with Gasteiger partial charge in [-0.05, 0) is 13.3 Å². The topological polar surface area (TPSA) is 57.6 Å². The van der Waals surface area contributed by atoms with Crippen molar-refractivity contribution in [3.63, 3.8) is 0 Å². The number of nitrogens with zero attached hydrogens (tertiary/aromatic N) is 1. The quantitative estimate of drug-likeness (QED) is 0.640. The Morgan fingerprint density at radius 2 is 2.07 bits per heavy atom. The summed E-state index contributed by atoms with van der Waals surface area (Å²) in [5, 5.41) is 8.57. The highest BCUT2D eigenvalue weighted by molar-refractivity contribution is 7.89. The van der Waals surface area contributed by atoms with Crippen LogP contribution in [0.15, 0.2) is 12.2 Å². The molecule has 0 saturated carbocycles. The van der Waals surface area contributed by atoms with Gasteiger partial charge in [-0.2, -0.15) is 4.31 Å². The lowest BCUT2D eigenvalue weighted by atomic mass is 10.3. The van der Waals surface area contributed by atoms with Crippen LogP contribution in [0.2, 0.25) is 0 Å². The number of sulfonamides is 1. The van der Waals surface area contributed by atoms with Crippen LogP contribution in [-0.2, 0) is 10.0 Å². The van der Waals surface area contributed by atoms with Gasteiger partial charge < -0.3 is 5.11 Å². The van der Waals surface area contributed by atoms with E-state index >= 15 is 0 Å². The highest BCUT2D eigenvalue weighted by Gasteiger charge is 2.19. The van der Waals surface area contributed by atoms with E-state index in [0.717, 1.165) is 5.57 Å². The molecule has 0 aromatic rings. The van der Waals surface area contributed by atoms with Crippen molar-refractivity contribution in [3.8, 4) is 0 Å². The third kappa shape index (κ3) is 4.74. The average Bonchev–Trinajstić information content (AvgIpc) is 2.10. The van der Waals surface area contributed by atoms with Crippen LogP contribution in [0.4, 0.5) is 0 Å². The van der Waals surface area contributed by atoms with Gasteiger partial charge in [0.1, 0.15) is 0 Å². The third-order valence-corrected chi connectivity index (χ3v) is 3.73. The first-order chi connectivity index (χ1) is 6.44. The van der Waals surface area contributed by atoms with Crippen molar-refractivity contribution in [1.29, 1.82) is 0 Å². The molecule has 14 heavy (non-hydrogen) atoms. The van der Waals surface area contributed by atoms with Crippen LogP contribution in [0.25, 0.3) is 0 Å². The Labute approximate surface area is 86.3 Å². The van der Waals surface area contributed by atoms with E-state index in [1.807, 2.05) is 0 Å². The zero-order valence-corrected chi connectivity index (χ0v) is 9.68. The fraction of sp³-hybridized carbons (Fsp3) is 0.778. The fourth-order valence-corrected chi connectivity index (χ4v) is 2.65. The maximum Gasteiger partial charge on any atom is 0.214 e. The van der Waals surface area contributed by atoms with E-state index in [9.17, 15) is 8.42 Å². The molecule has 0 radical (unpaired) electrons. The minimum Gasteiger partial charge on any atom is -0.396 e. The summed E-state index contributed by atoms with van der Waals surface area (Å²) in [6.07, 6.45) is 0.287. The molecular weight excluding hydrogens is 202 g/mol. The van der Waals surface area contributed by atoms with Gasteiger partial charge in [0.2, 0.25) is 10.0 Å². The second-order valence-electron chi connectivity index (χ2n) is 3.28. The van der Waals surface area contributed by atoms with Crippen LogP contribution in [0, 0.1) is 0 Å².